The second-order valence-electron chi connectivity index (χ2n) is 9.76. The van der Waals surface area contributed by atoms with Gasteiger partial charge in [0.15, 0.2) is 17.3 Å². The number of nitrogens with zero attached hydrogens (tertiary/aromatic N) is 7. The van der Waals surface area contributed by atoms with Crippen molar-refractivity contribution in [2.24, 2.45) is 14.1 Å². The molecule has 37 heavy (non-hydrogen) atoms. The number of nitriles is 1. The maximum Gasteiger partial charge on any atom is 0.350 e. The highest BCUT2D eigenvalue weighted by atomic mass is 16.6. The highest BCUT2D eigenvalue weighted by Crippen LogP contribution is 2.36. The van der Waals surface area contributed by atoms with E-state index in [4.69, 9.17) is 19.2 Å². The average molecular weight is 508 g/mol. The number of fused-ring (bicyclic) bond motifs is 2. The third kappa shape index (κ3) is 4.40. The molecule has 5 rings (SSSR count). The first-order chi connectivity index (χ1) is 17.8. The molecule has 0 N–H and O–H groups in total. The molecule has 3 aromatic rings. The Kier molecular flexibility index (Phi) is 6.79. The van der Waals surface area contributed by atoms with Gasteiger partial charge in [0.1, 0.15) is 30.2 Å². The van der Waals surface area contributed by atoms with Gasteiger partial charge in [-0.25, -0.2) is 9.78 Å². The van der Waals surface area contributed by atoms with Crippen molar-refractivity contribution < 1.29 is 14.2 Å². The number of rotatable bonds is 6. The van der Waals surface area contributed by atoms with Crippen LogP contribution in [-0.4, -0.2) is 76.1 Å². The van der Waals surface area contributed by atoms with Crippen molar-refractivity contribution in [3.63, 3.8) is 0 Å². The topological polar surface area (TPSA) is 111 Å². The standard InChI is InChI=1S/C26H33N7O4/c1-16-13-33(24-23-25(31(4)26(34)29-24)30(3)22(28-23)8-9-27)19(15-35-5)14-32(16)17(2)18-6-7-20-21(12-18)37-11-10-36-20/h6-7,12,16-17,19H,8,10-11,13-15H2,1-5H3/t16-,17?,19-/m1/s1. The van der Waals surface area contributed by atoms with E-state index in [-0.39, 0.29) is 30.2 Å². The van der Waals surface area contributed by atoms with Gasteiger partial charge in [-0.15, -0.1) is 0 Å². The molecule has 196 valence electrons. The van der Waals surface area contributed by atoms with Gasteiger partial charge >= 0.3 is 5.69 Å². The quantitative estimate of drug-likeness (QED) is 0.493. The molecule has 0 bridgehead atoms. The maximum atomic E-state index is 12.9. The second-order valence-corrected chi connectivity index (χ2v) is 9.76. The summed E-state index contributed by atoms with van der Waals surface area (Å²) < 4.78 is 20.4. The van der Waals surface area contributed by atoms with Crippen molar-refractivity contribution in [1.82, 2.24) is 24.0 Å². The molecule has 1 unspecified atom stereocenters. The van der Waals surface area contributed by atoms with E-state index < -0.39 is 0 Å². The average Bonchev–Trinajstić information content (AvgIpc) is 3.22. The molecule has 0 amide bonds. The van der Waals surface area contributed by atoms with Gasteiger partial charge in [-0.05, 0) is 31.5 Å². The molecule has 2 aliphatic heterocycles. The van der Waals surface area contributed by atoms with Crippen molar-refractivity contribution in [3.05, 3.63) is 40.1 Å². The largest absolute Gasteiger partial charge is 0.486 e. The molecule has 1 saturated heterocycles. The number of methoxy groups -OCH3 is 1. The number of imidazole rings is 1. The first kappa shape index (κ1) is 25.0. The summed E-state index contributed by atoms with van der Waals surface area (Å²) in [4.78, 5) is 26.7. The van der Waals surface area contributed by atoms with Gasteiger partial charge in [-0.2, -0.15) is 10.2 Å². The van der Waals surface area contributed by atoms with Crippen LogP contribution >= 0.6 is 0 Å². The highest BCUT2D eigenvalue weighted by molar-refractivity contribution is 5.84. The van der Waals surface area contributed by atoms with Gasteiger partial charge in [0, 0.05) is 46.4 Å². The first-order valence-electron chi connectivity index (χ1n) is 12.5. The summed E-state index contributed by atoms with van der Waals surface area (Å²) >= 11 is 0. The van der Waals surface area contributed by atoms with E-state index in [0.29, 0.717) is 55.7 Å². The van der Waals surface area contributed by atoms with Crippen LogP contribution in [0.3, 0.4) is 0 Å². The van der Waals surface area contributed by atoms with Crippen molar-refractivity contribution in [2.45, 2.75) is 38.4 Å². The number of hydrogen-bond acceptors (Lipinski definition) is 9. The summed E-state index contributed by atoms with van der Waals surface area (Å²) in [6.07, 6.45) is 0.150. The SMILES string of the molecule is COC[C@H]1CN(C(C)c2ccc3c(c2)OCCO3)[C@H](C)CN1c1nc(=O)n(C)c2c1nc(CC#N)n2C. The van der Waals surface area contributed by atoms with Crippen LogP contribution in [0.25, 0.3) is 11.2 Å². The normalized spacial score (nSPS) is 20.7. The molecule has 2 aliphatic rings. The Morgan fingerprint density at radius 3 is 2.65 bits per heavy atom. The zero-order valence-corrected chi connectivity index (χ0v) is 22.0. The van der Waals surface area contributed by atoms with Gasteiger partial charge in [-0.1, -0.05) is 6.07 Å². The number of benzene rings is 1. The molecule has 1 aromatic carbocycles. The summed E-state index contributed by atoms with van der Waals surface area (Å²) in [5.74, 6) is 2.71. The lowest BCUT2D eigenvalue weighted by Gasteiger charge is -2.48. The number of aryl methyl sites for hydroxylation is 2. The molecule has 4 heterocycles. The predicted molar refractivity (Wildman–Crippen MR) is 138 cm³/mol. The maximum absolute atomic E-state index is 12.9. The molecule has 0 aliphatic carbocycles. The van der Waals surface area contributed by atoms with E-state index >= 15 is 0 Å². The lowest BCUT2D eigenvalue weighted by atomic mass is 10.00. The zero-order valence-electron chi connectivity index (χ0n) is 22.0. The van der Waals surface area contributed by atoms with E-state index in [0.717, 1.165) is 17.1 Å². The lowest BCUT2D eigenvalue weighted by molar-refractivity contribution is 0.0798. The van der Waals surface area contributed by atoms with Crippen molar-refractivity contribution in [1.29, 1.82) is 5.26 Å². The van der Waals surface area contributed by atoms with E-state index in [1.165, 1.54) is 4.57 Å². The number of anilines is 1. The Morgan fingerprint density at radius 1 is 1.16 bits per heavy atom. The summed E-state index contributed by atoms with van der Waals surface area (Å²) in [6, 6.07) is 8.53. The monoisotopic (exact) mass is 507 g/mol. The number of hydrogen-bond donors (Lipinski definition) is 0. The Hall–Kier alpha value is -3.62. The minimum atomic E-state index is -0.357. The third-order valence-electron chi connectivity index (χ3n) is 7.48. The summed E-state index contributed by atoms with van der Waals surface area (Å²) in [5, 5.41) is 9.26. The summed E-state index contributed by atoms with van der Waals surface area (Å²) in [5.41, 5.74) is 2.07. The minimum absolute atomic E-state index is 0.0508. The molecule has 0 spiro atoms. The number of aromatic nitrogens is 4. The van der Waals surface area contributed by atoms with Crippen LogP contribution < -0.4 is 20.1 Å². The van der Waals surface area contributed by atoms with Crippen LogP contribution in [0.5, 0.6) is 11.5 Å². The van der Waals surface area contributed by atoms with E-state index in [1.807, 2.05) is 13.1 Å². The summed E-state index contributed by atoms with van der Waals surface area (Å²) in [6.45, 7) is 7.32. The Bertz CT molecular complexity index is 1410. The van der Waals surface area contributed by atoms with Crippen LogP contribution in [0, 0.1) is 11.3 Å². The second kappa shape index (κ2) is 10.0. The molecule has 0 radical (unpaired) electrons. The fourth-order valence-corrected chi connectivity index (χ4v) is 5.51. The molecule has 0 saturated carbocycles. The van der Waals surface area contributed by atoms with Gasteiger partial charge in [0.25, 0.3) is 0 Å². The van der Waals surface area contributed by atoms with Crippen molar-refractivity contribution in [2.75, 3.05) is 44.9 Å². The van der Waals surface area contributed by atoms with Crippen LogP contribution in [0.15, 0.2) is 23.0 Å². The molecular formula is C26H33N7O4. The Morgan fingerprint density at radius 2 is 1.92 bits per heavy atom. The molecule has 3 atom stereocenters. The Labute approximate surface area is 215 Å². The zero-order chi connectivity index (χ0) is 26.3. The predicted octanol–water partition coefficient (Wildman–Crippen LogP) is 1.79. The van der Waals surface area contributed by atoms with Crippen molar-refractivity contribution >= 4 is 17.0 Å². The molecule has 1 fully saturated rings. The smallest absolute Gasteiger partial charge is 0.350 e. The fourth-order valence-electron chi connectivity index (χ4n) is 5.51. The number of piperazine rings is 1. The van der Waals surface area contributed by atoms with E-state index in [2.05, 4.69) is 46.8 Å². The highest BCUT2D eigenvalue weighted by Gasteiger charge is 2.37. The Balaban J connectivity index is 1.50. The molecular weight excluding hydrogens is 474 g/mol. The third-order valence-corrected chi connectivity index (χ3v) is 7.48. The first-order valence-corrected chi connectivity index (χ1v) is 12.5. The van der Waals surface area contributed by atoms with Crippen LogP contribution in [0.1, 0.15) is 31.3 Å². The van der Waals surface area contributed by atoms with Gasteiger partial charge in [0.05, 0.1) is 25.1 Å². The fraction of sp³-hybridized carbons (Fsp3) is 0.538. The van der Waals surface area contributed by atoms with E-state index in [9.17, 15) is 10.1 Å². The van der Waals surface area contributed by atoms with Crippen LogP contribution in [0.4, 0.5) is 5.82 Å². The summed E-state index contributed by atoms with van der Waals surface area (Å²) in [7, 11) is 5.19. The van der Waals surface area contributed by atoms with Crippen LogP contribution in [-0.2, 0) is 25.3 Å². The molecule has 11 heteroatoms. The molecule has 2 aromatic heterocycles. The number of ether oxygens (including phenoxy) is 3. The molecule has 11 nitrogen and oxygen atoms in total. The van der Waals surface area contributed by atoms with Crippen molar-refractivity contribution in [3.8, 4) is 17.6 Å². The van der Waals surface area contributed by atoms with Gasteiger partial charge in [0.2, 0.25) is 0 Å². The van der Waals surface area contributed by atoms with Crippen LogP contribution in [0.2, 0.25) is 0 Å². The van der Waals surface area contributed by atoms with Gasteiger partial charge < -0.3 is 23.7 Å². The van der Waals surface area contributed by atoms with E-state index in [1.54, 1.807) is 18.7 Å². The van der Waals surface area contributed by atoms with Gasteiger partial charge in [-0.3, -0.25) is 9.47 Å². The lowest BCUT2D eigenvalue weighted by Crippen LogP contribution is -2.60. The minimum Gasteiger partial charge on any atom is -0.486 e.